The molecular weight excluding hydrogens is 251 g/mol. The maximum absolute atomic E-state index is 12.2. The van der Waals surface area contributed by atoms with E-state index in [4.69, 9.17) is 10.8 Å². The van der Waals surface area contributed by atoms with Gasteiger partial charge in [0.05, 0.1) is 12.1 Å². The minimum Gasteiger partial charge on any atom is -0.475 e. The van der Waals surface area contributed by atoms with E-state index in [0.717, 1.165) is 12.1 Å². The van der Waals surface area contributed by atoms with Gasteiger partial charge in [0.25, 0.3) is 0 Å². The van der Waals surface area contributed by atoms with Gasteiger partial charge >= 0.3 is 12.1 Å². The van der Waals surface area contributed by atoms with Crippen LogP contribution in [-0.4, -0.2) is 16.9 Å². The zero-order chi connectivity index (χ0) is 13.8. The minimum absolute atomic E-state index is 0.0755. The van der Waals surface area contributed by atoms with Gasteiger partial charge in [-0.15, -0.1) is 0 Å². The highest BCUT2D eigenvalue weighted by Crippen LogP contribution is 2.28. The van der Waals surface area contributed by atoms with Gasteiger partial charge in [0.2, 0.25) is 5.84 Å². The lowest BCUT2D eigenvalue weighted by Crippen LogP contribution is -2.26. The number of nitrogens with zero attached hydrogens (tertiary/aromatic N) is 1. The number of halogens is 3. The third-order valence-electron chi connectivity index (χ3n) is 1.98. The van der Waals surface area contributed by atoms with Crippen LogP contribution in [-0.2, 0) is 17.5 Å². The van der Waals surface area contributed by atoms with Crippen molar-refractivity contribution < 1.29 is 23.1 Å². The fourth-order valence-electron chi connectivity index (χ4n) is 1.08. The molecule has 0 spiro atoms. The lowest BCUT2D eigenvalue weighted by molar-refractivity contribution is -0.137. The van der Waals surface area contributed by atoms with Crippen molar-refractivity contribution in [1.82, 2.24) is 5.43 Å². The second-order valence-electron chi connectivity index (χ2n) is 3.33. The lowest BCUT2D eigenvalue weighted by atomic mass is 10.1. The third kappa shape index (κ3) is 3.96. The molecule has 5 nitrogen and oxygen atoms in total. The van der Waals surface area contributed by atoms with Gasteiger partial charge in [-0.2, -0.15) is 18.3 Å². The summed E-state index contributed by atoms with van der Waals surface area (Å²) in [7, 11) is 0. The first-order chi connectivity index (χ1) is 8.30. The number of hydrazone groups is 1. The van der Waals surface area contributed by atoms with Crippen LogP contribution >= 0.6 is 0 Å². The number of rotatable bonds is 3. The maximum atomic E-state index is 12.2. The summed E-state index contributed by atoms with van der Waals surface area (Å²) in [4.78, 5) is 10.3. The summed E-state index contributed by atoms with van der Waals surface area (Å²) in [6, 6.07) is 4.40. The van der Waals surface area contributed by atoms with E-state index in [9.17, 15) is 18.0 Å². The highest BCUT2D eigenvalue weighted by atomic mass is 19.4. The van der Waals surface area contributed by atoms with E-state index in [1.165, 1.54) is 12.1 Å². The van der Waals surface area contributed by atoms with E-state index in [1.807, 2.05) is 0 Å². The zero-order valence-corrected chi connectivity index (χ0v) is 9.03. The van der Waals surface area contributed by atoms with E-state index < -0.39 is 23.5 Å². The van der Waals surface area contributed by atoms with Crippen LogP contribution in [0.1, 0.15) is 11.1 Å². The predicted molar refractivity (Wildman–Crippen MR) is 57.5 cm³/mol. The molecule has 98 valence electrons. The van der Waals surface area contributed by atoms with Crippen LogP contribution in [0.3, 0.4) is 0 Å². The number of carboxylic acid groups (broad SMARTS) is 1. The summed E-state index contributed by atoms with van der Waals surface area (Å²) in [5, 5.41) is 11.7. The van der Waals surface area contributed by atoms with E-state index in [2.05, 4.69) is 10.5 Å². The largest absolute Gasteiger partial charge is 0.475 e. The molecular formula is C10H10F3N3O2. The van der Waals surface area contributed by atoms with Crippen LogP contribution in [0.15, 0.2) is 29.4 Å². The number of carbonyl (C=O) groups is 1. The van der Waals surface area contributed by atoms with Gasteiger partial charge in [0, 0.05) is 0 Å². The summed E-state index contributed by atoms with van der Waals surface area (Å²) in [6.07, 6.45) is -4.38. The highest BCUT2D eigenvalue weighted by molar-refractivity contribution is 6.33. The minimum atomic E-state index is -4.38. The molecule has 0 atom stereocenters. The molecule has 4 N–H and O–H groups in total. The Morgan fingerprint density at radius 2 is 1.89 bits per heavy atom. The Labute approximate surface area is 100 Å². The number of carboxylic acids is 1. The molecule has 0 unspecified atom stereocenters. The summed E-state index contributed by atoms with van der Waals surface area (Å²) >= 11 is 0. The first kappa shape index (κ1) is 13.8. The molecule has 0 aliphatic rings. The number of hydrogen-bond acceptors (Lipinski definition) is 3. The quantitative estimate of drug-likeness (QED) is 0.432. The van der Waals surface area contributed by atoms with E-state index in [0.29, 0.717) is 5.56 Å². The number of nitrogens with one attached hydrogen (secondary N) is 1. The standard InChI is InChI=1S/C10H10F3N3O2/c11-10(12,13)7-3-1-6(2-4-7)5-15-16-8(14)9(17)18/h1-4,15H,5H2,(H2,14,16)(H,17,18). The van der Waals surface area contributed by atoms with Crippen molar-refractivity contribution in [2.75, 3.05) is 0 Å². The number of benzene rings is 1. The Balaban J connectivity index is 2.60. The highest BCUT2D eigenvalue weighted by Gasteiger charge is 2.29. The monoisotopic (exact) mass is 261 g/mol. The van der Waals surface area contributed by atoms with Crippen LogP contribution in [0.2, 0.25) is 0 Å². The number of alkyl halides is 3. The number of aliphatic carboxylic acids is 1. The smallest absolute Gasteiger partial charge is 0.416 e. The summed E-state index contributed by atoms with van der Waals surface area (Å²) in [6.45, 7) is 0.0755. The first-order valence-corrected chi connectivity index (χ1v) is 4.76. The van der Waals surface area contributed by atoms with E-state index >= 15 is 0 Å². The molecule has 0 amide bonds. The molecule has 1 aromatic rings. The lowest BCUT2D eigenvalue weighted by Gasteiger charge is -2.07. The molecule has 0 aromatic heterocycles. The zero-order valence-electron chi connectivity index (χ0n) is 9.03. The molecule has 1 rings (SSSR count). The Bertz CT molecular complexity index is 454. The van der Waals surface area contributed by atoms with Gasteiger partial charge in [-0.1, -0.05) is 12.1 Å². The molecule has 0 aliphatic carbocycles. The molecule has 0 radical (unpaired) electrons. The van der Waals surface area contributed by atoms with Crippen molar-refractivity contribution in [2.24, 2.45) is 10.8 Å². The Kier molecular flexibility index (Phi) is 4.13. The summed E-state index contributed by atoms with van der Waals surface area (Å²) in [5.74, 6) is -2.00. The second kappa shape index (κ2) is 5.39. The summed E-state index contributed by atoms with van der Waals surface area (Å²) < 4.78 is 36.7. The van der Waals surface area contributed by atoms with E-state index in [1.54, 1.807) is 0 Å². The molecule has 0 saturated carbocycles. The molecule has 0 bridgehead atoms. The van der Waals surface area contributed by atoms with Gasteiger partial charge in [0.1, 0.15) is 0 Å². The van der Waals surface area contributed by atoms with E-state index in [-0.39, 0.29) is 6.54 Å². The Morgan fingerprint density at radius 3 is 2.33 bits per heavy atom. The summed E-state index contributed by atoms with van der Waals surface area (Å²) in [5.41, 5.74) is 7.11. The Morgan fingerprint density at radius 1 is 1.33 bits per heavy atom. The maximum Gasteiger partial charge on any atom is 0.416 e. The average molecular weight is 261 g/mol. The molecule has 0 fully saturated rings. The number of nitrogens with two attached hydrogens (primary N) is 1. The third-order valence-corrected chi connectivity index (χ3v) is 1.98. The van der Waals surface area contributed by atoms with Crippen LogP contribution in [0, 0.1) is 0 Å². The molecule has 0 saturated heterocycles. The van der Waals surface area contributed by atoms with Gasteiger partial charge in [-0.3, -0.25) is 0 Å². The van der Waals surface area contributed by atoms with Gasteiger partial charge in [-0.05, 0) is 17.7 Å². The normalized spacial score (nSPS) is 12.3. The van der Waals surface area contributed by atoms with Crippen LogP contribution in [0.5, 0.6) is 0 Å². The van der Waals surface area contributed by atoms with Crippen molar-refractivity contribution in [1.29, 1.82) is 0 Å². The number of hydrogen-bond donors (Lipinski definition) is 3. The van der Waals surface area contributed by atoms with Crippen molar-refractivity contribution in [3.05, 3.63) is 35.4 Å². The van der Waals surface area contributed by atoms with Crippen molar-refractivity contribution >= 4 is 11.8 Å². The van der Waals surface area contributed by atoms with Crippen LogP contribution in [0.25, 0.3) is 0 Å². The average Bonchev–Trinajstić information content (AvgIpc) is 2.28. The Hall–Kier alpha value is -2.25. The molecule has 0 aliphatic heterocycles. The predicted octanol–water partition coefficient (Wildman–Crippen LogP) is 1.15. The van der Waals surface area contributed by atoms with Crippen molar-refractivity contribution in [2.45, 2.75) is 12.7 Å². The molecule has 1 aromatic carbocycles. The van der Waals surface area contributed by atoms with Gasteiger partial charge < -0.3 is 16.3 Å². The number of amidine groups is 1. The van der Waals surface area contributed by atoms with Crippen LogP contribution in [0.4, 0.5) is 13.2 Å². The van der Waals surface area contributed by atoms with Gasteiger partial charge in [-0.25, -0.2) is 4.79 Å². The first-order valence-electron chi connectivity index (χ1n) is 4.76. The fourth-order valence-corrected chi connectivity index (χ4v) is 1.08. The van der Waals surface area contributed by atoms with Gasteiger partial charge in [0.15, 0.2) is 0 Å². The topological polar surface area (TPSA) is 87.7 Å². The van der Waals surface area contributed by atoms with Crippen LogP contribution < -0.4 is 11.2 Å². The molecule has 8 heteroatoms. The van der Waals surface area contributed by atoms with Crippen molar-refractivity contribution in [3.8, 4) is 0 Å². The molecule has 18 heavy (non-hydrogen) atoms. The van der Waals surface area contributed by atoms with Crippen molar-refractivity contribution in [3.63, 3.8) is 0 Å². The fraction of sp³-hybridized carbons (Fsp3) is 0.200. The second-order valence-corrected chi connectivity index (χ2v) is 3.33. The SMILES string of the molecule is NC(=NNCc1ccc(C(F)(F)F)cc1)C(=O)O. The molecule has 0 heterocycles.